The number of nitrogens with one attached hydrogen (secondary N) is 1. The van der Waals surface area contributed by atoms with Crippen molar-refractivity contribution >= 4 is 5.91 Å². The fraction of sp³-hybridized carbons (Fsp3) is 0.429. The number of aromatic nitrogens is 1. The standard InChI is InChI=1S/C21H24FN3O2/c22-19-6-2-1-4-17(19)13-25-14-21(15-25)18(8-11-27-21)7-10-24-20(26)16-5-3-9-23-12-16/h1-6,9,12,18H,7-8,10-11,13-15H2,(H,24,26)/t18-/m1/s1. The molecule has 142 valence electrons. The lowest BCUT2D eigenvalue weighted by molar-refractivity contribution is -0.137. The van der Waals surface area contributed by atoms with Crippen molar-refractivity contribution in [2.24, 2.45) is 5.92 Å². The van der Waals surface area contributed by atoms with E-state index in [0.717, 1.165) is 38.1 Å². The maximum Gasteiger partial charge on any atom is 0.252 e. The number of nitrogens with zero attached hydrogens (tertiary/aromatic N) is 2. The van der Waals surface area contributed by atoms with Crippen LogP contribution in [0.3, 0.4) is 0 Å². The van der Waals surface area contributed by atoms with Gasteiger partial charge in [0.2, 0.25) is 0 Å². The summed E-state index contributed by atoms with van der Waals surface area (Å²) in [6.45, 7) is 3.64. The summed E-state index contributed by atoms with van der Waals surface area (Å²) in [6, 6.07) is 10.4. The molecule has 1 amide bonds. The van der Waals surface area contributed by atoms with Crippen molar-refractivity contribution in [1.29, 1.82) is 0 Å². The van der Waals surface area contributed by atoms with Gasteiger partial charge in [-0.05, 0) is 37.0 Å². The van der Waals surface area contributed by atoms with Gasteiger partial charge in [-0.2, -0.15) is 0 Å². The second-order valence-corrected chi connectivity index (χ2v) is 7.42. The number of likely N-dealkylation sites (tertiary alicyclic amines) is 1. The van der Waals surface area contributed by atoms with Gasteiger partial charge in [0, 0.05) is 50.7 Å². The number of rotatable bonds is 6. The molecular weight excluding hydrogens is 345 g/mol. The normalized spacial score (nSPS) is 21.1. The summed E-state index contributed by atoms with van der Waals surface area (Å²) < 4.78 is 19.9. The van der Waals surface area contributed by atoms with Crippen molar-refractivity contribution in [2.75, 3.05) is 26.2 Å². The van der Waals surface area contributed by atoms with Crippen LogP contribution < -0.4 is 5.32 Å². The minimum atomic E-state index is -0.152. The molecule has 0 bridgehead atoms. The maximum atomic E-state index is 13.8. The molecule has 1 aromatic heterocycles. The number of ether oxygens (including phenoxy) is 1. The molecule has 6 heteroatoms. The summed E-state index contributed by atoms with van der Waals surface area (Å²) in [6.07, 6.45) is 5.12. The second kappa shape index (κ2) is 7.74. The van der Waals surface area contributed by atoms with Gasteiger partial charge in [0.1, 0.15) is 5.82 Å². The predicted octanol–water partition coefficient (Wildman–Crippen LogP) is 2.63. The van der Waals surface area contributed by atoms with Gasteiger partial charge in [-0.15, -0.1) is 0 Å². The number of amides is 1. The van der Waals surface area contributed by atoms with E-state index in [1.807, 2.05) is 12.1 Å². The molecule has 2 aromatic rings. The van der Waals surface area contributed by atoms with E-state index in [0.29, 0.717) is 24.6 Å². The molecule has 2 fully saturated rings. The zero-order valence-corrected chi connectivity index (χ0v) is 15.2. The molecule has 4 rings (SSSR count). The summed E-state index contributed by atoms with van der Waals surface area (Å²) in [7, 11) is 0. The smallest absolute Gasteiger partial charge is 0.252 e. The van der Waals surface area contributed by atoms with Crippen LogP contribution in [0, 0.1) is 11.7 Å². The highest BCUT2D eigenvalue weighted by Gasteiger charge is 2.52. The lowest BCUT2D eigenvalue weighted by atomic mass is 9.78. The predicted molar refractivity (Wildman–Crippen MR) is 99.7 cm³/mol. The van der Waals surface area contributed by atoms with E-state index in [2.05, 4.69) is 15.2 Å². The summed E-state index contributed by atoms with van der Waals surface area (Å²) in [5.74, 6) is 0.176. The molecule has 0 saturated carbocycles. The Morgan fingerprint density at radius 3 is 2.93 bits per heavy atom. The van der Waals surface area contributed by atoms with Gasteiger partial charge in [0.25, 0.3) is 5.91 Å². The Kier molecular flexibility index (Phi) is 5.18. The molecule has 27 heavy (non-hydrogen) atoms. The van der Waals surface area contributed by atoms with Gasteiger partial charge < -0.3 is 10.1 Å². The van der Waals surface area contributed by atoms with Gasteiger partial charge in [-0.1, -0.05) is 18.2 Å². The summed E-state index contributed by atoms with van der Waals surface area (Å²) in [5.41, 5.74) is 1.17. The monoisotopic (exact) mass is 369 g/mol. The molecule has 0 aliphatic carbocycles. The molecule has 3 heterocycles. The lowest BCUT2D eigenvalue weighted by Crippen LogP contribution is -2.64. The van der Waals surface area contributed by atoms with Crippen molar-refractivity contribution < 1.29 is 13.9 Å². The molecule has 1 spiro atoms. The number of pyridine rings is 1. The first-order valence-electron chi connectivity index (χ1n) is 9.44. The SMILES string of the molecule is O=C(NCC[C@@H]1CCOC12CN(Cc1ccccc1F)C2)c1cccnc1. The Labute approximate surface area is 158 Å². The van der Waals surface area contributed by atoms with Gasteiger partial charge in [-0.25, -0.2) is 4.39 Å². The van der Waals surface area contributed by atoms with Crippen LogP contribution in [-0.2, 0) is 11.3 Å². The molecular formula is C21H24FN3O2. The minimum Gasteiger partial charge on any atom is -0.372 e. The first-order chi connectivity index (χ1) is 13.2. The van der Waals surface area contributed by atoms with Crippen LogP contribution in [0.4, 0.5) is 4.39 Å². The molecule has 1 N–H and O–H groups in total. The lowest BCUT2D eigenvalue weighted by Gasteiger charge is -2.50. The fourth-order valence-corrected chi connectivity index (χ4v) is 4.19. The third-order valence-corrected chi connectivity index (χ3v) is 5.64. The number of halogens is 1. The Morgan fingerprint density at radius 1 is 1.30 bits per heavy atom. The minimum absolute atomic E-state index is 0.0918. The molecule has 1 aromatic carbocycles. The highest BCUT2D eigenvalue weighted by atomic mass is 19.1. The number of carbonyl (C=O) groups excluding carboxylic acids is 1. The van der Waals surface area contributed by atoms with E-state index in [1.165, 1.54) is 6.07 Å². The molecule has 2 aliphatic heterocycles. The van der Waals surface area contributed by atoms with E-state index in [4.69, 9.17) is 4.74 Å². The number of carbonyl (C=O) groups is 1. The third-order valence-electron chi connectivity index (χ3n) is 5.64. The number of hydrogen-bond donors (Lipinski definition) is 1. The van der Waals surface area contributed by atoms with Gasteiger partial charge in [-0.3, -0.25) is 14.7 Å². The topological polar surface area (TPSA) is 54.5 Å². The average Bonchev–Trinajstić information content (AvgIpc) is 3.08. The van der Waals surface area contributed by atoms with Gasteiger partial charge in [0.05, 0.1) is 11.2 Å². The molecule has 0 unspecified atom stereocenters. The largest absolute Gasteiger partial charge is 0.372 e. The molecule has 2 aliphatic rings. The van der Waals surface area contributed by atoms with Crippen molar-refractivity contribution in [3.63, 3.8) is 0 Å². The number of hydrogen-bond acceptors (Lipinski definition) is 4. The summed E-state index contributed by atoms with van der Waals surface area (Å²) in [5, 5.41) is 2.97. The Morgan fingerprint density at radius 2 is 2.15 bits per heavy atom. The highest BCUT2D eigenvalue weighted by Crippen LogP contribution is 2.42. The molecule has 0 radical (unpaired) electrons. The molecule has 5 nitrogen and oxygen atoms in total. The van der Waals surface area contributed by atoms with Crippen LogP contribution in [-0.4, -0.2) is 47.6 Å². The van der Waals surface area contributed by atoms with Crippen LogP contribution in [0.25, 0.3) is 0 Å². The maximum absolute atomic E-state index is 13.8. The van der Waals surface area contributed by atoms with Crippen LogP contribution in [0.15, 0.2) is 48.8 Å². The zero-order chi connectivity index (χ0) is 18.7. The average molecular weight is 369 g/mol. The van der Waals surface area contributed by atoms with E-state index < -0.39 is 0 Å². The van der Waals surface area contributed by atoms with Crippen LogP contribution in [0.2, 0.25) is 0 Å². The molecule has 1 atom stereocenters. The van der Waals surface area contributed by atoms with Crippen molar-refractivity contribution in [1.82, 2.24) is 15.2 Å². The Hall–Kier alpha value is -2.31. The molecule has 2 saturated heterocycles. The van der Waals surface area contributed by atoms with Crippen LogP contribution >= 0.6 is 0 Å². The third kappa shape index (κ3) is 3.87. The van der Waals surface area contributed by atoms with Crippen molar-refractivity contribution in [3.05, 3.63) is 65.7 Å². The van der Waals surface area contributed by atoms with Gasteiger partial charge in [0.15, 0.2) is 0 Å². The van der Waals surface area contributed by atoms with E-state index in [9.17, 15) is 9.18 Å². The Balaban J connectivity index is 1.26. The van der Waals surface area contributed by atoms with Gasteiger partial charge >= 0.3 is 0 Å². The second-order valence-electron chi connectivity index (χ2n) is 7.42. The Bertz CT molecular complexity index is 793. The fourth-order valence-electron chi connectivity index (χ4n) is 4.19. The first-order valence-corrected chi connectivity index (χ1v) is 9.44. The van der Waals surface area contributed by atoms with E-state index >= 15 is 0 Å². The van der Waals surface area contributed by atoms with E-state index in [1.54, 1.807) is 30.6 Å². The quantitative estimate of drug-likeness (QED) is 0.851. The van der Waals surface area contributed by atoms with Crippen molar-refractivity contribution in [2.45, 2.75) is 25.0 Å². The summed E-state index contributed by atoms with van der Waals surface area (Å²) >= 11 is 0. The zero-order valence-electron chi connectivity index (χ0n) is 15.2. The first kappa shape index (κ1) is 18.1. The highest BCUT2D eigenvalue weighted by molar-refractivity contribution is 5.93. The summed E-state index contributed by atoms with van der Waals surface area (Å²) in [4.78, 5) is 18.3. The van der Waals surface area contributed by atoms with E-state index in [-0.39, 0.29) is 17.3 Å². The van der Waals surface area contributed by atoms with Crippen LogP contribution in [0.1, 0.15) is 28.8 Å². The van der Waals surface area contributed by atoms with Crippen LogP contribution in [0.5, 0.6) is 0 Å². The number of benzene rings is 1. The van der Waals surface area contributed by atoms with Crippen molar-refractivity contribution in [3.8, 4) is 0 Å².